The lowest BCUT2D eigenvalue weighted by Crippen LogP contribution is -2.30. The summed E-state index contributed by atoms with van der Waals surface area (Å²) in [7, 11) is 0. The van der Waals surface area contributed by atoms with Crippen LogP contribution >= 0.6 is 11.6 Å². The van der Waals surface area contributed by atoms with Crippen LogP contribution in [0.4, 0.5) is 5.69 Å². The molecule has 0 aromatic carbocycles. The van der Waals surface area contributed by atoms with Crippen LogP contribution < -0.4 is 5.32 Å². The molecular formula is C19H29ClN2. The molecule has 2 aliphatic rings. The molecule has 0 aliphatic heterocycles. The van der Waals surface area contributed by atoms with Gasteiger partial charge in [0, 0.05) is 12.2 Å². The summed E-state index contributed by atoms with van der Waals surface area (Å²) in [6.07, 6.45) is 15.5. The predicted octanol–water partition coefficient (Wildman–Crippen LogP) is 5.85. The number of aromatic nitrogens is 1. The van der Waals surface area contributed by atoms with Crippen LogP contribution in [-0.4, -0.2) is 11.0 Å². The maximum Gasteiger partial charge on any atom is 0.0852 e. The number of hydrogen-bond acceptors (Lipinski definition) is 2. The highest BCUT2D eigenvalue weighted by molar-refractivity contribution is 6.33. The van der Waals surface area contributed by atoms with E-state index in [2.05, 4.69) is 17.2 Å². The van der Waals surface area contributed by atoms with Crippen LogP contribution in [0.3, 0.4) is 0 Å². The lowest BCUT2D eigenvalue weighted by Gasteiger charge is -2.36. The molecule has 1 aromatic heterocycles. The third-order valence-corrected chi connectivity index (χ3v) is 6.17. The van der Waals surface area contributed by atoms with Crippen molar-refractivity contribution in [1.29, 1.82) is 0 Å². The molecule has 2 aliphatic carbocycles. The minimum atomic E-state index is 0.587. The molecule has 0 amide bonds. The molecule has 0 unspecified atom stereocenters. The highest BCUT2D eigenvalue weighted by atomic mass is 35.5. The second kappa shape index (κ2) is 7.68. The Bertz CT molecular complexity index is 474. The molecule has 2 nitrogen and oxygen atoms in total. The summed E-state index contributed by atoms with van der Waals surface area (Å²) in [5, 5.41) is 4.49. The molecule has 0 saturated heterocycles. The SMILES string of the molecule is CCc1nccc(N[C@H]2CC[C@H](C3CCCCC3)CC2)c1Cl. The minimum absolute atomic E-state index is 0.587. The molecule has 2 fully saturated rings. The van der Waals surface area contributed by atoms with Gasteiger partial charge >= 0.3 is 0 Å². The van der Waals surface area contributed by atoms with Gasteiger partial charge < -0.3 is 5.32 Å². The maximum atomic E-state index is 6.45. The largest absolute Gasteiger partial charge is 0.381 e. The normalized spacial score (nSPS) is 26.8. The highest BCUT2D eigenvalue weighted by Gasteiger charge is 2.28. The van der Waals surface area contributed by atoms with Gasteiger partial charge in [-0.2, -0.15) is 0 Å². The maximum absolute atomic E-state index is 6.45. The van der Waals surface area contributed by atoms with E-state index < -0.39 is 0 Å². The molecule has 3 rings (SSSR count). The molecular weight excluding hydrogens is 292 g/mol. The van der Waals surface area contributed by atoms with E-state index in [0.29, 0.717) is 6.04 Å². The van der Waals surface area contributed by atoms with Crippen molar-refractivity contribution in [2.75, 3.05) is 5.32 Å². The second-order valence-electron chi connectivity index (χ2n) is 7.13. The fourth-order valence-corrected chi connectivity index (χ4v) is 4.71. The fourth-order valence-electron chi connectivity index (χ4n) is 4.41. The molecule has 3 heteroatoms. The standard InChI is InChI=1S/C19H29ClN2/c1-2-17-19(20)18(12-13-21-17)22-16-10-8-15(9-11-16)14-6-4-3-5-7-14/h12-16H,2-11H2,1H3,(H,21,22)/t15-,16-. The van der Waals surface area contributed by atoms with Gasteiger partial charge in [-0.1, -0.05) is 50.6 Å². The number of rotatable bonds is 4. The minimum Gasteiger partial charge on any atom is -0.381 e. The Morgan fingerprint density at radius 1 is 1.05 bits per heavy atom. The molecule has 22 heavy (non-hydrogen) atoms. The molecule has 1 aromatic rings. The van der Waals surface area contributed by atoms with E-state index in [1.807, 2.05) is 12.3 Å². The third-order valence-electron chi connectivity index (χ3n) is 5.74. The zero-order valence-corrected chi connectivity index (χ0v) is 14.5. The van der Waals surface area contributed by atoms with Crippen molar-refractivity contribution in [3.05, 3.63) is 23.0 Å². The van der Waals surface area contributed by atoms with Gasteiger partial charge in [-0.15, -0.1) is 0 Å². The fraction of sp³-hybridized carbons (Fsp3) is 0.737. The van der Waals surface area contributed by atoms with E-state index in [1.165, 1.54) is 57.8 Å². The van der Waals surface area contributed by atoms with Gasteiger partial charge in [-0.25, -0.2) is 0 Å². The number of pyridine rings is 1. The van der Waals surface area contributed by atoms with E-state index >= 15 is 0 Å². The Balaban J connectivity index is 1.53. The Labute approximate surface area is 140 Å². The predicted molar refractivity (Wildman–Crippen MR) is 94.6 cm³/mol. The number of anilines is 1. The molecule has 122 valence electrons. The summed E-state index contributed by atoms with van der Waals surface area (Å²) in [5.74, 6) is 2.00. The highest BCUT2D eigenvalue weighted by Crippen LogP contribution is 2.39. The van der Waals surface area contributed by atoms with Crippen molar-refractivity contribution in [3.8, 4) is 0 Å². The summed E-state index contributed by atoms with van der Waals surface area (Å²) < 4.78 is 0. The van der Waals surface area contributed by atoms with Crippen molar-refractivity contribution >= 4 is 17.3 Å². The number of halogens is 1. The third kappa shape index (κ3) is 3.76. The average molecular weight is 321 g/mol. The molecule has 0 atom stereocenters. The van der Waals surface area contributed by atoms with Crippen LogP contribution in [-0.2, 0) is 6.42 Å². The first-order valence-corrected chi connectivity index (χ1v) is 9.55. The summed E-state index contributed by atoms with van der Waals surface area (Å²) >= 11 is 6.45. The average Bonchev–Trinajstić information content (AvgIpc) is 2.58. The molecule has 0 radical (unpaired) electrons. The summed E-state index contributed by atoms with van der Waals surface area (Å²) in [6, 6.07) is 2.61. The zero-order valence-electron chi connectivity index (χ0n) is 13.8. The van der Waals surface area contributed by atoms with Gasteiger partial charge in [0.2, 0.25) is 0 Å². The quantitative estimate of drug-likeness (QED) is 0.752. The van der Waals surface area contributed by atoms with Gasteiger partial charge in [0.15, 0.2) is 0 Å². The van der Waals surface area contributed by atoms with Gasteiger partial charge in [-0.3, -0.25) is 4.98 Å². The summed E-state index contributed by atoms with van der Waals surface area (Å²) in [5.41, 5.74) is 2.08. The molecule has 0 bridgehead atoms. The molecule has 2 saturated carbocycles. The van der Waals surface area contributed by atoms with Crippen LogP contribution in [0.5, 0.6) is 0 Å². The van der Waals surface area contributed by atoms with E-state index in [1.54, 1.807) is 0 Å². The van der Waals surface area contributed by atoms with Crippen molar-refractivity contribution in [1.82, 2.24) is 4.98 Å². The van der Waals surface area contributed by atoms with Crippen molar-refractivity contribution in [3.63, 3.8) is 0 Å². The zero-order chi connectivity index (χ0) is 15.4. The number of aryl methyl sites for hydroxylation is 1. The Morgan fingerprint density at radius 3 is 2.41 bits per heavy atom. The monoisotopic (exact) mass is 320 g/mol. The van der Waals surface area contributed by atoms with Crippen LogP contribution in [0.1, 0.15) is 70.4 Å². The number of nitrogens with zero attached hydrogens (tertiary/aromatic N) is 1. The second-order valence-corrected chi connectivity index (χ2v) is 7.50. The Morgan fingerprint density at radius 2 is 1.73 bits per heavy atom. The van der Waals surface area contributed by atoms with Crippen LogP contribution in [0, 0.1) is 11.8 Å². The van der Waals surface area contributed by atoms with E-state index in [9.17, 15) is 0 Å². The van der Waals surface area contributed by atoms with E-state index in [-0.39, 0.29) is 0 Å². The lowest BCUT2D eigenvalue weighted by atomic mass is 9.72. The van der Waals surface area contributed by atoms with Gasteiger partial charge in [0.25, 0.3) is 0 Å². The molecule has 1 heterocycles. The molecule has 0 spiro atoms. The van der Waals surface area contributed by atoms with Gasteiger partial charge in [0.05, 0.1) is 16.4 Å². The first-order valence-electron chi connectivity index (χ1n) is 9.17. The topological polar surface area (TPSA) is 24.9 Å². The van der Waals surface area contributed by atoms with Crippen LogP contribution in [0.25, 0.3) is 0 Å². The van der Waals surface area contributed by atoms with Gasteiger partial charge in [-0.05, 0) is 50.0 Å². The number of hydrogen-bond donors (Lipinski definition) is 1. The van der Waals surface area contributed by atoms with Crippen molar-refractivity contribution in [2.24, 2.45) is 11.8 Å². The van der Waals surface area contributed by atoms with E-state index in [4.69, 9.17) is 11.6 Å². The first kappa shape index (κ1) is 16.1. The van der Waals surface area contributed by atoms with Gasteiger partial charge in [0.1, 0.15) is 0 Å². The smallest absolute Gasteiger partial charge is 0.0852 e. The lowest BCUT2D eigenvalue weighted by molar-refractivity contribution is 0.190. The summed E-state index contributed by atoms with van der Waals surface area (Å²) in [4.78, 5) is 4.35. The van der Waals surface area contributed by atoms with Crippen LogP contribution in [0.2, 0.25) is 5.02 Å². The summed E-state index contributed by atoms with van der Waals surface area (Å²) in [6.45, 7) is 2.10. The van der Waals surface area contributed by atoms with Crippen molar-refractivity contribution < 1.29 is 0 Å². The Kier molecular flexibility index (Phi) is 5.62. The van der Waals surface area contributed by atoms with Crippen molar-refractivity contribution in [2.45, 2.75) is 77.2 Å². The number of nitrogens with one attached hydrogen (secondary N) is 1. The first-order chi connectivity index (χ1) is 10.8. The Hall–Kier alpha value is -0.760. The van der Waals surface area contributed by atoms with Crippen LogP contribution in [0.15, 0.2) is 12.3 Å². The molecule has 1 N–H and O–H groups in total. The van der Waals surface area contributed by atoms with E-state index in [0.717, 1.165) is 34.7 Å².